The van der Waals surface area contributed by atoms with Gasteiger partial charge in [-0.05, 0) is 61.9 Å². The van der Waals surface area contributed by atoms with E-state index in [1.54, 1.807) is 56.3 Å². The largest absolute Gasteiger partial charge is 0.322 e. The van der Waals surface area contributed by atoms with E-state index >= 15 is 0 Å². The highest BCUT2D eigenvalue weighted by Crippen LogP contribution is 2.25. The Kier molecular flexibility index (Phi) is 7.09. The minimum absolute atomic E-state index is 0.0100. The number of nitrogens with one attached hydrogen (secondary N) is 2. The van der Waals surface area contributed by atoms with Crippen molar-refractivity contribution in [1.29, 1.82) is 0 Å². The number of amides is 1. The summed E-state index contributed by atoms with van der Waals surface area (Å²) in [6.07, 6.45) is 1.04. The van der Waals surface area contributed by atoms with Gasteiger partial charge in [0.05, 0.1) is 22.5 Å². The third-order valence-corrected chi connectivity index (χ3v) is 7.30. The Hall–Kier alpha value is -3.37. The van der Waals surface area contributed by atoms with E-state index in [9.17, 15) is 21.6 Å². The highest BCUT2D eigenvalue weighted by Gasteiger charge is 2.24. The fourth-order valence-electron chi connectivity index (χ4n) is 3.22. The number of nitrogens with zero attached hydrogens (tertiary/aromatic N) is 1. The van der Waals surface area contributed by atoms with E-state index in [0.717, 1.165) is 6.26 Å². The van der Waals surface area contributed by atoms with Crippen LogP contribution in [0.4, 0.5) is 17.1 Å². The van der Waals surface area contributed by atoms with E-state index in [1.807, 2.05) is 0 Å². The summed E-state index contributed by atoms with van der Waals surface area (Å²) in [7, 11) is -7.38. The predicted molar refractivity (Wildman–Crippen MR) is 131 cm³/mol. The van der Waals surface area contributed by atoms with Crippen molar-refractivity contribution < 1.29 is 21.6 Å². The molecule has 3 rings (SSSR count). The van der Waals surface area contributed by atoms with Crippen molar-refractivity contribution in [2.24, 2.45) is 0 Å². The molecular formula is C23H25N3O5S2. The van der Waals surface area contributed by atoms with E-state index in [4.69, 9.17) is 0 Å². The van der Waals surface area contributed by atoms with Gasteiger partial charge in [-0.3, -0.25) is 13.8 Å². The summed E-state index contributed by atoms with van der Waals surface area (Å²) < 4.78 is 53.3. The summed E-state index contributed by atoms with van der Waals surface area (Å²) in [5, 5.41) is 2.68. The first-order chi connectivity index (χ1) is 15.5. The molecule has 3 aromatic carbocycles. The number of carbonyl (C=O) groups excluding carboxylic acids is 1. The average Bonchev–Trinajstić information content (AvgIpc) is 2.76. The quantitative estimate of drug-likeness (QED) is 0.501. The molecule has 0 heterocycles. The van der Waals surface area contributed by atoms with Crippen LogP contribution in [0, 0.1) is 6.92 Å². The number of para-hydroxylation sites is 1. The molecule has 174 valence electrons. The summed E-state index contributed by atoms with van der Waals surface area (Å²) in [6, 6.07) is 19.3. The zero-order valence-corrected chi connectivity index (χ0v) is 20.1. The van der Waals surface area contributed by atoms with Crippen molar-refractivity contribution >= 4 is 43.0 Å². The van der Waals surface area contributed by atoms with E-state index in [0.29, 0.717) is 22.6 Å². The number of benzene rings is 3. The van der Waals surface area contributed by atoms with Crippen molar-refractivity contribution in [1.82, 2.24) is 0 Å². The van der Waals surface area contributed by atoms with Crippen molar-refractivity contribution in [3.63, 3.8) is 0 Å². The molecule has 0 aliphatic heterocycles. The smallest absolute Gasteiger partial charge is 0.264 e. The monoisotopic (exact) mass is 487 g/mol. The topological polar surface area (TPSA) is 113 Å². The molecule has 2 N–H and O–H groups in total. The van der Waals surface area contributed by atoms with Crippen LogP contribution in [-0.2, 0) is 20.0 Å². The van der Waals surface area contributed by atoms with E-state index in [-0.39, 0.29) is 17.0 Å². The number of sulfonamides is 2. The SMILES string of the molecule is CCN(c1ccccc1)S(=O)(=O)c1cccc(C(=O)Nc2ccc(C)c(NS(C)(=O)=O)c2)c1. The van der Waals surface area contributed by atoms with Crippen LogP contribution in [-0.4, -0.2) is 35.5 Å². The van der Waals surface area contributed by atoms with Gasteiger partial charge in [0.15, 0.2) is 0 Å². The lowest BCUT2D eigenvalue weighted by Crippen LogP contribution is -2.30. The molecule has 0 atom stereocenters. The lowest BCUT2D eigenvalue weighted by Gasteiger charge is -2.23. The summed E-state index contributed by atoms with van der Waals surface area (Å²) in [4.78, 5) is 12.8. The normalized spacial score (nSPS) is 11.6. The highest BCUT2D eigenvalue weighted by atomic mass is 32.2. The molecule has 10 heteroatoms. The maximum Gasteiger partial charge on any atom is 0.264 e. The third kappa shape index (κ3) is 5.91. The number of hydrogen-bond donors (Lipinski definition) is 2. The Bertz CT molecular complexity index is 1370. The molecule has 0 unspecified atom stereocenters. The van der Waals surface area contributed by atoms with Gasteiger partial charge in [-0.1, -0.05) is 30.3 Å². The van der Waals surface area contributed by atoms with Crippen LogP contribution in [0.5, 0.6) is 0 Å². The Morgan fingerprint density at radius 2 is 1.61 bits per heavy atom. The lowest BCUT2D eigenvalue weighted by atomic mass is 10.1. The molecule has 0 radical (unpaired) electrons. The fourth-order valence-corrected chi connectivity index (χ4v) is 5.36. The molecule has 0 saturated carbocycles. The first-order valence-electron chi connectivity index (χ1n) is 10.1. The van der Waals surface area contributed by atoms with Gasteiger partial charge in [0.2, 0.25) is 10.0 Å². The number of anilines is 3. The Morgan fingerprint density at radius 1 is 0.909 bits per heavy atom. The molecule has 0 aromatic heterocycles. The molecule has 0 bridgehead atoms. The van der Waals surface area contributed by atoms with E-state index < -0.39 is 26.0 Å². The van der Waals surface area contributed by atoms with Gasteiger partial charge in [0.1, 0.15) is 0 Å². The van der Waals surface area contributed by atoms with Crippen molar-refractivity contribution in [2.75, 3.05) is 27.1 Å². The van der Waals surface area contributed by atoms with Crippen molar-refractivity contribution in [3.8, 4) is 0 Å². The van der Waals surface area contributed by atoms with Crippen molar-refractivity contribution in [2.45, 2.75) is 18.7 Å². The molecule has 8 nitrogen and oxygen atoms in total. The summed E-state index contributed by atoms with van der Waals surface area (Å²) in [5.41, 5.74) is 2.07. The van der Waals surface area contributed by atoms with Crippen LogP contribution in [0.2, 0.25) is 0 Å². The number of aryl methyl sites for hydroxylation is 1. The highest BCUT2D eigenvalue weighted by molar-refractivity contribution is 7.93. The first-order valence-corrected chi connectivity index (χ1v) is 13.4. The number of carbonyl (C=O) groups is 1. The molecule has 1 amide bonds. The zero-order valence-electron chi connectivity index (χ0n) is 18.4. The minimum atomic E-state index is -3.89. The fraction of sp³-hybridized carbons (Fsp3) is 0.174. The molecule has 0 aliphatic carbocycles. The van der Waals surface area contributed by atoms with Gasteiger partial charge < -0.3 is 5.32 Å². The number of hydrogen-bond acceptors (Lipinski definition) is 5. The summed E-state index contributed by atoms with van der Waals surface area (Å²) in [5.74, 6) is -0.524. The molecule has 0 aliphatic rings. The maximum atomic E-state index is 13.2. The van der Waals surface area contributed by atoms with Crippen LogP contribution in [0.3, 0.4) is 0 Å². The van der Waals surface area contributed by atoms with Gasteiger partial charge in [-0.15, -0.1) is 0 Å². The van der Waals surface area contributed by atoms with Gasteiger partial charge in [0.25, 0.3) is 15.9 Å². The van der Waals surface area contributed by atoms with Gasteiger partial charge in [0, 0.05) is 17.8 Å². The zero-order chi connectivity index (χ0) is 24.2. The van der Waals surface area contributed by atoms with Crippen LogP contribution in [0.1, 0.15) is 22.8 Å². The molecule has 0 fully saturated rings. The second-order valence-electron chi connectivity index (χ2n) is 7.39. The third-order valence-electron chi connectivity index (χ3n) is 4.81. The van der Waals surface area contributed by atoms with E-state index in [2.05, 4.69) is 10.0 Å². The first kappa shape index (κ1) is 24.3. The summed E-state index contributed by atoms with van der Waals surface area (Å²) in [6.45, 7) is 3.70. The molecule has 3 aromatic rings. The lowest BCUT2D eigenvalue weighted by molar-refractivity contribution is 0.102. The Balaban J connectivity index is 1.88. The summed E-state index contributed by atoms with van der Waals surface area (Å²) >= 11 is 0. The van der Waals surface area contributed by atoms with Gasteiger partial charge >= 0.3 is 0 Å². The van der Waals surface area contributed by atoms with Crippen LogP contribution < -0.4 is 14.3 Å². The predicted octanol–water partition coefficient (Wildman–Crippen LogP) is 3.83. The molecular weight excluding hydrogens is 462 g/mol. The second kappa shape index (κ2) is 9.63. The Morgan fingerprint density at radius 3 is 2.24 bits per heavy atom. The van der Waals surface area contributed by atoms with E-state index in [1.165, 1.54) is 34.6 Å². The van der Waals surface area contributed by atoms with Crippen LogP contribution in [0.25, 0.3) is 0 Å². The van der Waals surface area contributed by atoms with Gasteiger partial charge in [-0.25, -0.2) is 16.8 Å². The molecule has 33 heavy (non-hydrogen) atoms. The van der Waals surface area contributed by atoms with Crippen molar-refractivity contribution in [3.05, 3.63) is 83.9 Å². The number of rotatable bonds is 8. The molecule has 0 saturated heterocycles. The molecule has 0 spiro atoms. The van der Waals surface area contributed by atoms with Crippen LogP contribution >= 0.6 is 0 Å². The van der Waals surface area contributed by atoms with Gasteiger partial charge in [-0.2, -0.15) is 0 Å². The standard InChI is InChI=1S/C23H25N3O5S2/c1-4-26(20-10-6-5-7-11-20)33(30,31)21-12-8-9-18(15-21)23(27)24-19-14-13-17(2)22(16-19)25-32(3,28)29/h5-16,25H,4H2,1-3H3,(H,24,27). The minimum Gasteiger partial charge on any atom is -0.322 e. The second-order valence-corrected chi connectivity index (χ2v) is 11.0. The Labute approximate surface area is 194 Å². The maximum absolute atomic E-state index is 13.2. The van der Waals surface area contributed by atoms with Crippen LogP contribution in [0.15, 0.2) is 77.7 Å². The average molecular weight is 488 g/mol.